The summed E-state index contributed by atoms with van der Waals surface area (Å²) in [4.78, 5) is 260. The number of thiol groups is 2. The van der Waals surface area contributed by atoms with Crippen molar-refractivity contribution < 1.29 is 102 Å². The van der Waals surface area contributed by atoms with Crippen molar-refractivity contribution in [3.8, 4) is 0 Å². The number of aromatic nitrogens is 2. The van der Waals surface area contributed by atoms with Gasteiger partial charge in [0.05, 0.1) is 57.7 Å². The smallest absolute Gasteiger partial charge is 0.305 e. The predicted octanol–water partition coefficient (Wildman–Crippen LogP) is -8.80. The zero-order valence-electron chi connectivity index (χ0n) is 73.9. The van der Waals surface area contributed by atoms with Crippen LogP contribution in [0.2, 0.25) is 0 Å². The van der Waals surface area contributed by atoms with E-state index in [1.54, 1.807) is 71.9 Å². The van der Waals surface area contributed by atoms with Crippen LogP contribution in [0.15, 0.2) is 42.9 Å². The molecule has 0 bridgehead atoms. The molecule has 1 aliphatic rings. The van der Waals surface area contributed by atoms with Crippen LogP contribution >= 0.6 is 25.3 Å². The number of carbonyl (C=O) groups is 18. The molecule has 47 nitrogen and oxygen atoms in total. The Morgan fingerprint density at radius 3 is 1.36 bits per heavy atom. The Kier molecular flexibility index (Phi) is 51.4. The third-order valence-corrected chi connectivity index (χ3v) is 21.4. The minimum atomic E-state index is -2.00. The fourth-order valence-electron chi connectivity index (χ4n) is 12.9. The first-order chi connectivity index (χ1) is 61.1. The number of carboxylic acids is 1. The number of ketones is 2. The number of Topliss-reactive ketones (excluding diaryl/α,β-unsaturated/α-hetero) is 2. The maximum Gasteiger partial charge on any atom is 0.305 e. The molecule has 16 atom stereocenters. The monoisotopic (exact) mass is 1860 g/mol. The number of amides is 15. The van der Waals surface area contributed by atoms with Gasteiger partial charge in [0, 0.05) is 62.4 Å². The number of nitrogens with zero attached hydrogens (tertiary/aromatic N) is 1. The van der Waals surface area contributed by atoms with Crippen molar-refractivity contribution in [2.24, 2.45) is 40.9 Å². The average Bonchev–Trinajstić information content (AvgIpc) is 1.76. The number of aromatic amines is 1. The number of guanidine groups is 2. The van der Waals surface area contributed by atoms with Crippen LogP contribution in [-0.4, -0.2) is 305 Å². The molecule has 2 heterocycles. The normalized spacial score (nSPS) is 24.8. The van der Waals surface area contributed by atoms with E-state index in [2.05, 4.69) is 136 Å². The number of carboxylic acid groups (broad SMARTS) is 1. The molecule has 15 amide bonds. The molecule has 6 unspecified atom stereocenters. The molecule has 1 aromatic carbocycles. The number of H-pyrrole nitrogens is 1. The lowest BCUT2D eigenvalue weighted by molar-refractivity contribution is -0.142. The van der Waals surface area contributed by atoms with Crippen LogP contribution in [0.4, 0.5) is 0 Å². The molecule has 720 valence electrons. The summed E-state index contributed by atoms with van der Waals surface area (Å²) in [5.41, 5.74) is 17.7. The van der Waals surface area contributed by atoms with Gasteiger partial charge < -0.3 is 139 Å². The maximum absolute atomic E-state index is 14.7. The summed E-state index contributed by atoms with van der Waals surface area (Å²) in [6.45, 7) is 7.85. The molecule has 0 radical (unpaired) electrons. The second kappa shape index (κ2) is 59.4. The van der Waals surface area contributed by atoms with Gasteiger partial charge in [0.25, 0.3) is 0 Å². The summed E-state index contributed by atoms with van der Waals surface area (Å²) in [6.07, 6.45) is 1.33. The minimum absolute atomic E-state index is 0.0146. The van der Waals surface area contributed by atoms with E-state index in [1.807, 2.05) is 0 Å². The maximum atomic E-state index is 14.7. The molecule has 1 saturated heterocycles. The molecule has 31 N–H and O–H groups in total. The van der Waals surface area contributed by atoms with E-state index >= 15 is 0 Å². The number of aliphatic carboxylic acids is 1. The van der Waals surface area contributed by atoms with Gasteiger partial charge in [-0.3, -0.25) is 97.1 Å². The van der Waals surface area contributed by atoms with E-state index in [1.165, 1.54) is 26.4 Å². The molecule has 3 rings (SSSR count). The van der Waals surface area contributed by atoms with Gasteiger partial charge in [-0.1, -0.05) is 98.6 Å². The third kappa shape index (κ3) is 41.1. The standard InChI is InChI=1S/C80H132N26O21S2/c1-9-43(7)63-76(125)93-35-60(111)96-54(36-107)74(123)104-62(42(5)6)77(126)103-55(37-108)73(122)99-48(21-16-24-89-79(82)83)68(117)100-50(28-41(3)4)66(115)91-33-58(109)65(114)56(38-128)87-26-27-88-57(39-129)75(124)101-51(29-45-18-12-11-13-19-45)67(116)92-34-59(110)95-52(30-46-32-86-40-94-46)71(120)97-47(20-14-15-23-81)69(118)106-64(44(8)10-2)78(127)102-53(31-61(112)113)72(121)98-49(70(119)105-63)22-17-25-90-80(84)85/h11-13,18-19,32,40-44,47-57,62-64,87-88,107-108,128-129H,9-10,14-17,20-31,33-39,81H2,1-8H3,(H,86,94)(H,91,115)(H,92,116)(H,93,125)(H,95,110)(H,96,111)(H,97,120)(H,98,121)(H,99,122)(H,100,117)(H,101,124)(H,102,127)(H,103,126)(H,104,123)(H,105,119)(H,106,118)(H,112,113)(H4,82,83,89)(H4,84,85,90)/t43-,44-,47?,48-,49-,50?,51-,52-,53?,54?,55?,56-,57?,62-,63-,64-/m0/s1. The second-order valence-corrected chi connectivity index (χ2v) is 32.5. The van der Waals surface area contributed by atoms with Crippen molar-refractivity contribution in [1.82, 2.24) is 111 Å². The molecule has 0 saturated carbocycles. The lowest BCUT2D eigenvalue weighted by atomic mass is 9.96. The molecule has 0 aliphatic carbocycles. The van der Waals surface area contributed by atoms with Crippen LogP contribution in [0.25, 0.3) is 0 Å². The van der Waals surface area contributed by atoms with Gasteiger partial charge in [0.2, 0.25) is 100 Å². The highest BCUT2D eigenvalue weighted by atomic mass is 32.1. The van der Waals surface area contributed by atoms with Gasteiger partial charge in [0.15, 0.2) is 11.9 Å². The van der Waals surface area contributed by atoms with E-state index in [-0.39, 0.29) is 121 Å². The molecular weight excluding hydrogens is 1730 g/mol. The van der Waals surface area contributed by atoms with Crippen LogP contribution in [-0.2, 0) is 99.1 Å². The van der Waals surface area contributed by atoms with Gasteiger partial charge >= 0.3 is 5.97 Å². The summed E-state index contributed by atoms with van der Waals surface area (Å²) < 4.78 is 0. The highest BCUT2D eigenvalue weighted by molar-refractivity contribution is 7.80. The van der Waals surface area contributed by atoms with Crippen molar-refractivity contribution in [1.29, 1.82) is 10.8 Å². The first-order valence-corrected chi connectivity index (χ1v) is 43.9. The second-order valence-electron chi connectivity index (χ2n) is 31.8. The molecule has 0 spiro atoms. The summed E-state index contributed by atoms with van der Waals surface area (Å²) in [7, 11) is 0. The number of rotatable bonds is 29. The molecule has 1 fully saturated rings. The molecule has 1 aromatic heterocycles. The Bertz CT molecular complexity index is 4080. The lowest BCUT2D eigenvalue weighted by Gasteiger charge is -2.30. The summed E-state index contributed by atoms with van der Waals surface area (Å²) in [5, 5.41) is 94.5. The van der Waals surface area contributed by atoms with Crippen molar-refractivity contribution in [2.45, 2.75) is 223 Å². The Labute approximate surface area is 758 Å². The first-order valence-electron chi connectivity index (χ1n) is 42.7. The fraction of sp³-hybridized carbons (Fsp3) is 0.637. The number of nitrogens with two attached hydrogens (primary N) is 3. The van der Waals surface area contributed by atoms with Gasteiger partial charge in [-0.25, -0.2) is 4.98 Å². The number of benzene rings is 1. The van der Waals surface area contributed by atoms with Crippen LogP contribution < -0.4 is 118 Å². The Hall–Kier alpha value is -11.7. The Balaban J connectivity index is 2.18. The Morgan fingerprint density at radius 2 is 0.876 bits per heavy atom. The predicted molar refractivity (Wildman–Crippen MR) is 477 cm³/mol. The number of aliphatic hydroxyl groups is 2. The van der Waals surface area contributed by atoms with Crippen LogP contribution in [0.3, 0.4) is 0 Å². The molecular formula is C80H132N26O21S2. The highest BCUT2D eigenvalue weighted by Crippen LogP contribution is 2.16. The van der Waals surface area contributed by atoms with Crippen molar-refractivity contribution in [3.63, 3.8) is 0 Å². The Morgan fingerprint density at radius 1 is 0.473 bits per heavy atom. The largest absolute Gasteiger partial charge is 0.481 e. The van der Waals surface area contributed by atoms with Gasteiger partial charge in [-0.15, -0.1) is 0 Å². The lowest BCUT2D eigenvalue weighted by Crippen LogP contribution is -2.61. The summed E-state index contributed by atoms with van der Waals surface area (Å²) >= 11 is 8.63. The van der Waals surface area contributed by atoms with Crippen molar-refractivity contribution >= 4 is 143 Å². The number of nitrogens with one attached hydrogen (secondary N) is 22. The molecule has 2 aromatic rings. The van der Waals surface area contributed by atoms with E-state index < -0.39 is 260 Å². The topological polar surface area (TPSA) is 751 Å². The van der Waals surface area contributed by atoms with Gasteiger partial charge in [-0.05, 0) is 87.1 Å². The van der Waals surface area contributed by atoms with Crippen molar-refractivity contribution in [2.75, 3.05) is 77.1 Å². The minimum Gasteiger partial charge on any atom is -0.481 e. The van der Waals surface area contributed by atoms with Crippen LogP contribution in [0.1, 0.15) is 137 Å². The highest BCUT2D eigenvalue weighted by Gasteiger charge is 2.40. The summed E-state index contributed by atoms with van der Waals surface area (Å²) in [5.74, 6) is -23.0. The molecule has 1 aliphatic heterocycles. The molecule has 129 heavy (non-hydrogen) atoms. The van der Waals surface area contributed by atoms with Crippen molar-refractivity contribution in [3.05, 3.63) is 54.1 Å². The zero-order valence-corrected chi connectivity index (χ0v) is 75.7. The third-order valence-electron chi connectivity index (χ3n) is 20.6. The number of imidazole rings is 1. The van der Waals surface area contributed by atoms with Crippen LogP contribution in [0.5, 0.6) is 0 Å². The van der Waals surface area contributed by atoms with Gasteiger partial charge in [0.1, 0.15) is 72.5 Å². The number of hydrogen-bond donors (Lipinski definition) is 30. The summed E-state index contributed by atoms with van der Waals surface area (Å²) in [6, 6.07) is -13.3. The first kappa shape index (κ1) is 112. The van der Waals surface area contributed by atoms with E-state index in [4.69, 9.17) is 28.0 Å². The average molecular weight is 1860 g/mol. The zero-order chi connectivity index (χ0) is 96.6. The number of carbonyl (C=O) groups excluding carboxylic acids is 17. The quantitative estimate of drug-likeness (QED) is 0.0118. The van der Waals surface area contributed by atoms with E-state index in [0.717, 1.165) is 0 Å². The van der Waals surface area contributed by atoms with E-state index in [0.29, 0.717) is 17.7 Å². The van der Waals surface area contributed by atoms with E-state index in [9.17, 15) is 102 Å². The number of hydrogen-bond acceptors (Lipinski definition) is 28. The fourth-order valence-corrected chi connectivity index (χ4v) is 13.5. The SMILES string of the molecule is CC[C@H](C)[C@@H]1NC(=O)C(CCCCN)NC(=O)[C@H](Cc2cnc[nH]2)NC(=O)CNC(=O)[C@H](Cc2ccccc2)NC(=O)C(CS)NCCN[C@@H](CS)C(=O)C(=O)CNC(=O)C(CC(C)C)NC(=O)[C@H](CCCNC(=N)N)NC(=O)C(CO)NC(=O)[C@H](C(C)C)NC(=O)C(CO)NC(=O)CNC(=O)[C@H]([C@@H](C)CC)NC(=O)[C@H](CCCNC(=N)N)NC(=O)C(CC(=O)O)NC1=O. The molecule has 49 heteroatoms. The number of unbranched alkanes of at least 4 members (excludes halogenated alkanes) is 1. The van der Waals surface area contributed by atoms with Crippen LogP contribution in [0, 0.1) is 34.5 Å². The number of aliphatic hydroxyl groups excluding tert-OH is 2. The van der Waals surface area contributed by atoms with Gasteiger partial charge in [-0.2, -0.15) is 25.3 Å².